The predicted octanol–water partition coefficient (Wildman–Crippen LogP) is 4.31. The summed E-state index contributed by atoms with van der Waals surface area (Å²) in [6.45, 7) is 13.1. The van der Waals surface area contributed by atoms with E-state index in [1.54, 1.807) is 0 Å². The summed E-state index contributed by atoms with van der Waals surface area (Å²) in [5.74, 6) is 2.43. The molecule has 7 nitrogen and oxygen atoms in total. The summed E-state index contributed by atoms with van der Waals surface area (Å²) in [4.78, 5) is 36.8. The molecular weight excluding hydrogens is 450 g/mol. The first kappa shape index (κ1) is 25.2. The molecule has 0 unspecified atom stereocenters. The number of nitrogens with zero attached hydrogens (tertiary/aromatic N) is 4. The van der Waals surface area contributed by atoms with Crippen molar-refractivity contribution in [2.75, 3.05) is 26.2 Å². The number of rotatable bonds is 6. The van der Waals surface area contributed by atoms with Crippen LogP contribution in [0.3, 0.4) is 0 Å². The van der Waals surface area contributed by atoms with E-state index in [4.69, 9.17) is 0 Å². The first-order chi connectivity index (χ1) is 17.2. The van der Waals surface area contributed by atoms with E-state index in [1.165, 1.54) is 6.42 Å². The second-order valence-corrected chi connectivity index (χ2v) is 12.2. The van der Waals surface area contributed by atoms with Crippen LogP contribution in [-0.4, -0.2) is 68.9 Å². The Morgan fingerprint density at radius 1 is 1.03 bits per heavy atom. The molecule has 2 amide bonds. The molecule has 196 valence electrons. The topological polar surface area (TPSA) is 70.5 Å². The van der Waals surface area contributed by atoms with E-state index in [0.717, 1.165) is 68.7 Å². The average molecular weight is 494 g/mol. The van der Waals surface area contributed by atoms with Crippen molar-refractivity contribution in [2.24, 2.45) is 17.8 Å². The lowest BCUT2D eigenvalue weighted by atomic mass is 9.86. The Kier molecular flexibility index (Phi) is 7.12. The number of likely N-dealkylation sites (tertiary alicyclic amines) is 1. The second kappa shape index (κ2) is 10.2. The van der Waals surface area contributed by atoms with Gasteiger partial charge in [-0.1, -0.05) is 32.9 Å². The highest BCUT2D eigenvalue weighted by Crippen LogP contribution is 2.32. The summed E-state index contributed by atoms with van der Waals surface area (Å²) in [7, 11) is 0. The van der Waals surface area contributed by atoms with Crippen molar-refractivity contribution >= 4 is 22.8 Å². The molecule has 1 saturated heterocycles. The molecule has 1 N–H and O–H groups in total. The van der Waals surface area contributed by atoms with Gasteiger partial charge < -0.3 is 19.7 Å². The number of nitrogens with one attached hydrogen (secondary N) is 1. The quantitative estimate of drug-likeness (QED) is 0.651. The van der Waals surface area contributed by atoms with Gasteiger partial charge in [-0.2, -0.15) is 0 Å². The van der Waals surface area contributed by atoms with Crippen molar-refractivity contribution in [1.82, 2.24) is 24.7 Å². The van der Waals surface area contributed by atoms with Crippen LogP contribution < -0.4 is 5.32 Å². The summed E-state index contributed by atoms with van der Waals surface area (Å²) in [5, 5.41) is 3.35. The van der Waals surface area contributed by atoms with Crippen LogP contribution in [-0.2, 0) is 11.3 Å². The fraction of sp³-hybridized carbons (Fsp3) is 0.690. The second-order valence-electron chi connectivity index (χ2n) is 12.2. The van der Waals surface area contributed by atoms with Crippen LogP contribution in [0, 0.1) is 17.8 Å². The molecule has 3 aliphatic rings. The predicted molar refractivity (Wildman–Crippen MR) is 143 cm³/mol. The van der Waals surface area contributed by atoms with Crippen LogP contribution >= 0.6 is 0 Å². The van der Waals surface area contributed by atoms with Gasteiger partial charge in [0.05, 0.1) is 17.6 Å². The lowest BCUT2D eigenvalue weighted by molar-refractivity contribution is -0.134. The van der Waals surface area contributed by atoms with Crippen LogP contribution in [0.25, 0.3) is 11.0 Å². The van der Waals surface area contributed by atoms with Crippen molar-refractivity contribution in [3.63, 3.8) is 0 Å². The third-order valence-electron chi connectivity index (χ3n) is 8.79. The minimum absolute atomic E-state index is 0.0287. The van der Waals surface area contributed by atoms with E-state index in [2.05, 4.69) is 36.0 Å². The SMILES string of the molecule is CC1CCC(NC(=O)[C@]2(C)Cn3c(nc4ccccc43)C(=O)N2CCCN2C[C@H](C)C[C@@H](C)C2)CC1. The maximum Gasteiger partial charge on any atom is 0.290 e. The Bertz CT molecular complexity index is 1090. The van der Waals surface area contributed by atoms with E-state index in [-0.39, 0.29) is 17.9 Å². The molecule has 2 aromatic rings. The standard InChI is InChI=1S/C29H43N5O2/c1-20-10-12-23(13-11-20)30-28(36)29(4)19-33-25-9-6-5-8-24(25)31-26(33)27(35)34(29)15-7-14-32-17-21(2)16-22(3)18-32/h5-6,8-9,20-23H,7,10-19H2,1-4H3,(H,30,36)/t20?,21-,22-,23?,29+/m1/s1. The fourth-order valence-corrected chi connectivity index (χ4v) is 6.85. The summed E-state index contributed by atoms with van der Waals surface area (Å²) >= 11 is 0. The smallest absolute Gasteiger partial charge is 0.290 e. The number of para-hydroxylation sites is 2. The van der Waals surface area contributed by atoms with Crippen molar-refractivity contribution < 1.29 is 9.59 Å². The van der Waals surface area contributed by atoms with Crippen LogP contribution in [0.1, 0.15) is 76.8 Å². The van der Waals surface area contributed by atoms with E-state index in [0.29, 0.717) is 30.7 Å². The Morgan fingerprint density at radius 3 is 2.44 bits per heavy atom. The van der Waals surface area contributed by atoms with Gasteiger partial charge in [0.25, 0.3) is 5.91 Å². The Balaban J connectivity index is 1.37. The molecule has 36 heavy (non-hydrogen) atoms. The normalized spacial score (nSPS) is 31.4. The number of aromatic nitrogens is 2. The average Bonchev–Trinajstić information content (AvgIpc) is 3.20. The minimum Gasteiger partial charge on any atom is -0.351 e. The van der Waals surface area contributed by atoms with E-state index < -0.39 is 5.54 Å². The van der Waals surface area contributed by atoms with Crippen molar-refractivity contribution in [3.05, 3.63) is 30.1 Å². The summed E-state index contributed by atoms with van der Waals surface area (Å²) < 4.78 is 1.96. The molecule has 2 aliphatic heterocycles. The Hall–Kier alpha value is -2.41. The molecule has 7 heteroatoms. The number of fused-ring (bicyclic) bond motifs is 3. The third-order valence-corrected chi connectivity index (χ3v) is 8.79. The fourth-order valence-electron chi connectivity index (χ4n) is 6.85. The first-order valence-electron chi connectivity index (χ1n) is 14.0. The number of piperidine rings is 1. The Morgan fingerprint density at radius 2 is 1.72 bits per heavy atom. The first-order valence-corrected chi connectivity index (χ1v) is 14.0. The molecule has 1 aliphatic carbocycles. The molecule has 1 aromatic carbocycles. The number of hydrogen-bond donors (Lipinski definition) is 1. The highest BCUT2D eigenvalue weighted by molar-refractivity contribution is 6.01. The highest BCUT2D eigenvalue weighted by Gasteiger charge is 2.48. The zero-order valence-corrected chi connectivity index (χ0v) is 22.5. The van der Waals surface area contributed by atoms with Gasteiger partial charge in [-0.25, -0.2) is 4.98 Å². The van der Waals surface area contributed by atoms with Gasteiger partial charge in [-0.05, 0) is 81.9 Å². The molecule has 5 rings (SSSR count). The third kappa shape index (κ3) is 4.91. The molecule has 0 spiro atoms. The van der Waals surface area contributed by atoms with Crippen LogP contribution in [0.2, 0.25) is 0 Å². The van der Waals surface area contributed by atoms with Crippen LogP contribution in [0.5, 0.6) is 0 Å². The monoisotopic (exact) mass is 493 g/mol. The molecule has 2 fully saturated rings. The largest absolute Gasteiger partial charge is 0.351 e. The summed E-state index contributed by atoms with van der Waals surface area (Å²) in [5.41, 5.74) is 0.782. The minimum atomic E-state index is -0.945. The van der Waals surface area contributed by atoms with E-state index >= 15 is 0 Å². The maximum atomic E-state index is 13.9. The van der Waals surface area contributed by atoms with Gasteiger partial charge in [0, 0.05) is 25.7 Å². The molecule has 0 bridgehead atoms. The van der Waals surface area contributed by atoms with Gasteiger partial charge in [0.1, 0.15) is 5.54 Å². The maximum absolute atomic E-state index is 13.9. The van der Waals surface area contributed by atoms with Gasteiger partial charge >= 0.3 is 0 Å². The molecule has 3 atom stereocenters. The Labute approximate surface area is 215 Å². The molecule has 0 radical (unpaired) electrons. The number of amides is 2. The number of imidazole rings is 1. The number of hydrogen-bond acceptors (Lipinski definition) is 4. The highest BCUT2D eigenvalue weighted by atomic mass is 16.2. The van der Waals surface area contributed by atoms with Crippen molar-refractivity contribution in [3.8, 4) is 0 Å². The lowest BCUT2D eigenvalue weighted by Crippen LogP contribution is -2.65. The van der Waals surface area contributed by atoms with Crippen LogP contribution in [0.4, 0.5) is 0 Å². The van der Waals surface area contributed by atoms with Gasteiger partial charge in [0.15, 0.2) is 5.82 Å². The zero-order chi connectivity index (χ0) is 25.4. The molecule has 1 aromatic heterocycles. The van der Waals surface area contributed by atoms with Gasteiger partial charge in [-0.3, -0.25) is 9.59 Å². The number of benzene rings is 1. The zero-order valence-electron chi connectivity index (χ0n) is 22.5. The van der Waals surface area contributed by atoms with Crippen LogP contribution in [0.15, 0.2) is 24.3 Å². The lowest BCUT2D eigenvalue weighted by Gasteiger charge is -2.45. The molecule has 3 heterocycles. The molecular formula is C29H43N5O2. The van der Waals surface area contributed by atoms with Gasteiger partial charge in [-0.15, -0.1) is 0 Å². The number of carbonyl (C=O) groups is 2. The van der Waals surface area contributed by atoms with E-state index in [1.807, 2.05) is 40.7 Å². The van der Waals surface area contributed by atoms with E-state index in [9.17, 15) is 9.59 Å². The van der Waals surface area contributed by atoms with Crippen molar-refractivity contribution in [2.45, 2.75) is 84.3 Å². The summed E-state index contributed by atoms with van der Waals surface area (Å²) in [6, 6.07) is 8.04. The number of carbonyl (C=O) groups excluding carboxylic acids is 2. The molecule has 1 saturated carbocycles. The van der Waals surface area contributed by atoms with Gasteiger partial charge in [0.2, 0.25) is 5.91 Å². The van der Waals surface area contributed by atoms with Crippen molar-refractivity contribution in [1.29, 1.82) is 0 Å². The summed E-state index contributed by atoms with van der Waals surface area (Å²) in [6.07, 6.45) is 6.47.